The van der Waals surface area contributed by atoms with Gasteiger partial charge in [-0.15, -0.1) is 0 Å². The van der Waals surface area contributed by atoms with Gasteiger partial charge in [-0.1, -0.05) is 6.07 Å². The van der Waals surface area contributed by atoms with Gasteiger partial charge in [-0.05, 0) is 56.0 Å². The second-order valence-electron chi connectivity index (χ2n) is 9.05. The summed E-state index contributed by atoms with van der Waals surface area (Å²) in [6.45, 7) is 5.28. The van der Waals surface area contributed by atoms with Crippen molar-refractivity contribution in [3.8, 4) is 0 Å². The standard InChI is InChI=1S/C23H28N4O5/c28-20-4-3-18(21(29)25-20)27-22(30)16-2-1-14(11-17(16)23(27)31)13-26-8-5-15(6-9-26)19-12-24-7-10-32-19/h1-2,11,15,18-19,24H,3-10,12-13H2,(H,25,28,29). The Bertz CT molecular complexity index is 950. The molecule has 32 heavy (non-hydrogen) atoms. The van der Waals surface area contributed by atoms with E-state index in [1.54, 1.807) is 12.1 Å². The summed E-state index contributed by atoms with van der Waals surface area (Å²) < 4.78 is 5.91. The smallest absolute Gasteiger partial charge is 0.262 e. The minimum Gasteiger partial charge on any atom is -0.375 e. The molecule has 0 aromatic heterocycles. The number of hydrogen-bond acceptors (Lipinski definition) is 7. The lowest BCUT2D eigenvalue weighted by Crippen LogP contribution is -2.54. The molecule has 3 fully saturated rings. The lowest BCUT2D eigenvalue weighted by atomic mass is 9.90. The molecule has 2 unspecified atom stereocenters. The molecule has 2 N–H and O–H groups in total. The van der Waals surface area contributed by atoms with Gasteiger partial charge in [0.15, 0.2) is 0 Å². The van der Waals surface area contributed by atoms with Crippen molar-refractivity contribution in [2.24, 2.45) is 5.92 Å². The van der Waals surface area contributed by atoms with Gasteiger partial charge in [-0.2, -0.15) is 0 Å². The van der Waals surface area contributed by atoms with Crippen molar-refractivity contribution in [2.75, 3.05) is 32.8 Å². The molecule has 3 saturated heterocycles. The molecule has 5 rings (SSSR count). The van der Waals surface area contributed by atoms with E-state index in [0.717, 1.165) is 56.1 Å². The summed E-state index contributed by atoms with van der Waals surface area (Å²) in [4.78, 5) is 52.9. The number of rotatable bonds is 4. The minimum atomic E-state index is -0.931. The Balaban J connectivity index is 1.23. The molecule has 4 heterocycles. The Labute approximate surface area is 186 Å². The van der Waals surface area contributed by atoms with Gasteiger partial charge >= 0.3 is 0 Å². The molecule has 170 valence electrons. The number of morpholine rings is 1. The first kappa shape index (κ1) is 21.2. The first-order valence-electron chi connectivity index (χ1n) is 11.4. The van der Waals surface area contributed by atoms with Gasteiger partial charge in [0.05, 0.1) is 23.8 Å². The second-order valence-corrected chi connectivity index (χ2v) is 9.05. The number of hydrogen-bond donors (Lipinski definition) is 2. The Morgan fingerprint density at radius 3 is 2.50 bits per heavy atom. The van der Waals surface area contributed by atoms with Gasteiger partial charge in [0.25, 0.3) is 11.8 Å². The van der Waals surface area contributed by atoms with Crippen LogP contribution in [-0.2, 0) is 20.9 Å². The van der Waals surface area contributed by atoms with Crippen molar-refractivity contribution < 1.29 is 23.9 Å². The van der Waals surface area contributed by atoms with E-state index in [2.05, 4.69) is 15.5 Å². The van der Waals surface area contributed by atoms with Gasteiger partial charge in [0, 0.05) is 26.1 Å². The molecule has 1 aromatic carbocycles. The number of likely N-dealkylation sites (tertiary alicyclic amines) is 1. The molecular weight excluding hydrogens is 412 g/mol. The van der Waals surface area contributed by atoms with Crippen LogP contribution in [0.15, 0.2) is 18.2 Å². The van der Waals surface area contributed by atoms with Crippen molar-refractivity contribution in [3.05, 3.63) is 34.9 Å². The maximum absolute atomic E-state index is 13.0. The third-order valence-electron chi connectivity index (χ3n) is 7.02. The van der Waals surface area contributed by atoms with Gasteiger partial charge in [0.1, 0.15) is 6.04 Å². The van der Waals surface area contributed by atoms with Crippen LogP contribution in [0.4, 0.5) is 0 Å². The third kappa shape index (κ3) is 3.96. The fraction of sp³-hybridized carbons (Fsp3) is 0.565. The largest absolute Gasteiger partial charge is 0.375 e. The molecule has 2 atom stereocenters. The van der Waals surface area contributed by atoms with Crippen LogP contribution in [0.3, 0.4) is 0 Å². The van der Waals surface area contributed by atoms with Gasteiger partial charge in [0.2, 0.25) is 11.8 Å². The summed E-state index contributed by atoms with van der Waals surface area (Å²) in [5.41, 5.74) is 1.64. The van der Waals surface area contributed by atoms with Crippen LogP contribution in [0.5, 0.6) is 0 Å². The lowest BCUT2D eigenvalue weighted by Gasteiger charge is -2.37. The highest BCUT2D eigenvalue weighted by atomic mass is 16.5. The third-order valence-corrected chi connectivity index (χ3v) is 7.02. The zero-order valence-corrected chi connectivity index (χ0v) is 18.0. The highest BCUT2D eigenvalue weighted by molar-refractivity contribution is 6.23. The molecule has 0 aliphatic carbocycles. The number of amides is 4. The van der Waals surface area contributed by atoms with Crippen molar-refractivity contribution in [1.82, 2.24) is 20.4 Å². The van der Waals surface area contributed by atoms with Crippen molar-refractivity contribution in [3.63, 3.8) is 0 Å². The number of carbonyl (C=O) groups is 4. The van der Waals surface area contributed by atoms with Crippen LogP contribution in [-0.4, -0.2) is 78.4 Å². The molecule has 4 aliphatic rings. The summed E-state index contributed by atoms with van der Waals surface area (Å²) in [5, 5.41) is 5.63. The number of imide groups is 2. The van der Waals surface area contributed by atoms with Crippen molar-refractivity contribution >= 4 is 23.6 Å². The predicted octanol–water partition coefficient (Wildman–Crippen LogP) is 0.288. The molecule has 0 saturated carbocycles. The van der Waals surface area contributed by atoms with Gasteiger partial charge < -0.3 is 10.1 Å². The average Bonchev–Trinajstić information content (AvgIpc) is 3.05. The second kappa shape index (κ2) is 8.73. The van der Waals surface area contributed by atoms with Crippen molar-refractivity contribution in [1.29, 1.82) is 0 Å². The number of carbonyl (C=O) groups excluding carboxylic acids is 4. The van der Waals surface area contributed by atoms with E-state index in [-0.39, 0.29) is 18.7 Å². The van der Waals surface area contributed by atoms with Gasteiger partial charge in [-0.3, -0.25) is 34.3 Å². The maximum atomic E-state index is 13.0. The van der Waals surface area contributed by atoms with Crippen LogP contribution in [0.25, 0.3) is 0 Å². The highest BCUT2D eigenvalue weighted by Gasteiger charge is 2.44. The quantitative estimate of drug-likeness (QED) is 0.648. The minimum absolute atomic E-state index is 0.118. The first-order chi connectivity index (χ1) is 15.5. The van der Waals surface area contributed by atoms with Gasteiger partial charge in [-0.25, -0.2) is 0 Å². The Kier molecular flexibility index (Phi) is 5.79. The Morgan fingerprint density at radius 2 is 1.78 bits per heavy atom. The van der Waals surface area contributed by atoms with E-state index in [4.69, 9.17) is 4.74 Å². The SMILES string of the molecule is O=C1CCC(N2C(=O)c3ccc(CN4CCC(C5CNCCO5)CC4)cc3C2=O)C(=O)N1. The molecule has 1 aromatic rings. The predicted molar refractivity (Wildman–Crippen MR) is 114 cm³/mol. The number of nitrogens with one attached hydrogen (secondary N) is 2. The van der Waals surface area contributed by atoms with Crippen LogP contribution in [0.2, 0.25) is 0 Å². The number of nitrogens with zero attached hydrogens (tertiary/aromatic N) is 2. The number of fused-ring (bicyclic) bond motifs is 1. The zero-order chi connectivity index (χ0) is 22.2. The number of benzene rings is 1. The number of piperidine rings is 2. The summed E-state index contributed by atoms with van der Waals surface area (Å²) >= 11 is 0. The summed E-state index contributed by atoms with van der Waals surface area (Å²) in [6, 6.07) is 4.42. The normalized spacial score (nSPS) is 27.6. The molecule has 4 amide bonds. The Hall–Kier alpha value is -2.62. The zero-order valence-electron chi connectivity index (χ0n) is 18.0. The fourth-order valence-corrected chi connectivity index (χ4v) is 5.25. The summed E-state index contributed by atoms with van der Waals surface area (Å²) in [6.07, 6.45) is 2.74. The topological polar surface area (TPSA) is 108 Å². The van der Waals surface area contributed by atoms with Crippen LogP contribution >= 0.6 is 0 Å². The van der Waals surface area contributed by atoms with Crippen LogP contribution < -0.4 is 10.6 Å². The van der Waals surface area contributed by atoms with E-state index in [0.29, 0.717) is 29.7 Å². The van der Waals surface area contributed by atoms with E-state index >= 15 is 0 Å². The molecule has 0 spiro atoms. The first-order valence-corrected chi connectivity index (χ1v) is 11.4. The summed E-state index contributed by atoms with van der Waals surface area (Å²) in [7, 11) is 0. The molecule has 9 nitrogen and oxygen atoms in total. The van der Waals surface area contributed by atoms with Crippen molar-refractivity contribution in [2.45, 2.75) is 44.4 Å². The fourth-order valence-electron chi connectivity index (χ4n) is 5.25. The molecule has 9 heteroatoms. The van der Waals surface area contributed by atoms with Crippen LogP contribution in [0.1, 0.15) is 52.0 Å². The number of ether oxygens (including phenoxy) is 1. The maximum Gasteiger partial charge on any atom is 0.262 e. The van der Waals surface area contributed by atoms with E-state index < -0.39 is 23.8 Å². The highest BCUT2D eigenvalue weighted by Crippen LogP contribution is 2.29. The van der Waals surface area contributed by atoms with E-state index in [1.165, 1.54) is 0 Å². The summed E-state index contributed by atoms with van der Waals surface area (Å²) in [5.74, 6) is -1.31. The van der Waals surface area contributed by atoms with Crippen LogP contribution in [0, 0.1) is 5.92 Å². The average molecular weight is 441 g/mol. The Morgan fingerprint density at radius 1 is 1.00 bits per heavy atom. The molecular formula is C23H28N4O5. The monoisotopic (exact) mass is 440 g/mol. The molecule has 0 bridgehead atoms. The molecule has 4 aliphatic heterocycles. The van der Waals surface area contributed by atoms with E-state index in [9.17, 15) is 19.2 Å². The molecule has 0 radical (unpaired) electrons. The van der Waals surface area contributed by atoms with E-state index in [1.807, 2.05) is 6.07 Å². The lowest BCUT2D eigenvalue weighted by molar-refractivity contribution is -0.136.